The van der Waals surface area contributed by atoms with Crippen LogP contribution >= 0.6 is 11.6 Å². The van der Waals surface area contributed by atoms with Crippen LogP contribution in [0.5, 0.6) is 5.75 Å². The molecule has 1 saturated heterocycles. The molecule has 1 atom stereocenters. The number of amides is 4. The van der Waals surface area contributed by atoms with Crippen molar-refractivity contribution in [3.05, 3.63) is 57.9 Å². The molecule has 1 unspecified atom stereocenters. The van der Waals surface area contributed by atoms with Crippen LogP contribution in [0.1, 0.15) is 34.3 Å². The summed E-state index contributed by atoms with van der Waals surface area (Å²) in [6.07, 6.45) is -0.606. The van der Waals surface area contributed by atoms with E-state index in [0.717, 1.165) is 10.5 Å². The average Bonchev–Trinajstić information content (AvgIpc) is 3.08. The molecule has 2 aromatic rings. The van der Waals surface area contributed by atoms with E-state index in [1.54, 1.807) is 18.2 Å². The Kier molecular flexibility index (Phi) is 5.60. The summed E-state index contributed by atoms with van der Waals surface area (Å²) < 4.78 is 20.3. The summed E-state index contributed by atoms with van der Waals surface area (Å²) in [6, 6.07) is 6.87. The number of rotatable bonds is 3. The van der Waals surface area contributed by atoms with Crippen molar-refractivity contribution in [3.63, 3.8) is 0 Å². The van der Waals surface area contributed by atoms with Crippen LogP contribution in [0.4, 0.5) is 14.9 Å². The Morgan fingerprint density at radius 3 is 2.69 bits per heavy atom. The molecule has 0 aliphatic carbocycles. The number of piperidine rings is 1. The molecule has 0 aromatic heterocycles. The average molecular weight is 460 g/mol. The van der Waals surface area contributed by atoms with E-state index in [1.165, 1.54) is 24.1 Å². The number of hydrogen-bond acceptors (Lipinski definition) is 5. The number of ether oxygens (including phenoxy) is 1. The quantitative estimate of drug-likeness (QED) is 0.711. The lowest BCUT2D eigenvalue weighted by Gasteiger charge is -2.29. The van der Waals surface area contributed by atoms with Crippen molar-refractivity contribution in [1.82, 2.24) is 10.2 Å². The number of benzene rings is 2. The lowest BCUT2D eigenvalue weighted by atomic mass is 10.0. The minimum absolute atomic E-state index is 0.0212. The Morgan fingerprint density at radius 2 is 2.00 bits per heavy atom. The first kappa shape index (κ1) is 21.8. The number of carbonyl (C=O) groups is 4. The van der Waals surface area contributed by atoms with Gasteiger partial charge in [0.25, 0.3) is 5.91 Å². The molecular formula is C22H19ClFN3O5. The van der Waals surface area contributed by atoms with Crippen LogP contribution in [-0.4, -0.2) is 41.8 Å². The summed E-state index contributed by atoms with van der Waals surface area (Å²) in [5.41, 5.74) is 1.41. The van der Waals surface area contributed by atoms with Gasteiger partial charge in [0.05, 0.1) is 5.56 Å². The molecule has 2 aromatic carbocycles. The minimum Gasteiger partial charge on any atom is -0.407 e. The Hall–Kier alpha value is -3.46. The van der Waals surface area contributed by atoms with E-state index in [9.17, 15) is 19.2 Å². The van der Waals surface area contributed by atoms with E-state index in [2.05, 4.69) is 5.32 Å². The number of hydrogen-bond donors (Lipinski definition) is 1. The van der Waals surface area contributed by atoms with Gasteiger partial charge in [-0.05, 0) is 42.7 Å². The van der Waals surface area contributed by atoms with Gasteiger partial charge in [-0.3, -0.25) is 24.6 Å². The summed E-state index contributed by atoms with van der Waals surface area (Å²) >= 11 is 6.10. The van der Waals surface area contributed by atoms with Crippen LogP contribution in [0.2, 0.25) is 5.02 Å². The normalized spacial score (nSPS) is 17.8. The third-order valence-electron chi connectivity index (χ3n) is 5.61. The second kappa shape index (κ2) is 8.23. The number of fused-ring (bicyclic) bond motifs is 1. The van der Waals surface area contributed by atoms with E-state index < -0.39 is 41.4 Å². The van der Waals surface area contributed by atoms with Crippen molar-refractivity contribution in [2.45, 2.75) is 32.4 Å². The summed E-state index contributed by atoms with van der Waals surface area (Å²) in [7, 11) is 1.45. The summed E-state index contributed by atoms with van der Waals surface area (Å²) in [5.74, 6) is -3.07. The summed E-state index contributed by atoms with van der Waals surface area (Å²) in [6.45, 7) is 1.84. The van der Waals surface area contributed by atoms with Gasteiger partial charge in [0, 0.05) is 30.7 Å². The number of nitrogens with one attached hydrogen (secondary N) is 1. The number of aryl methyl sites for hydroxylation is 1. The number of anilines is 1. The van der Waals surface area contributed by atoms with Gasteiger partial charge < -0.3 is 9.64 Å². The molecular weight excluding hydrogens is 441 g/mol. The topological polar surface area (TPSA) is 96.0 Å². The largest absolute Gasteiger partial charge is 0.419 e. The molecule has 32 heavy (non-hydrogen) atoms. The Balaban J connectivity index is 1.54. The van der Waals surface area contributed by atoms with Crippen LogP contribution in [0.15, 0.2) is 30.3 Å². The zero-order chi connectivity index (χ0) is 23.2. The van der Waals surface area contributed by atoms with Crippen molar-refractivity contribution >= 4 is 41.1 Å². The smallest absolute Gasteiger partial charge is 0.407 e. The SMILES string of the molecule is Cc1ccc(N(C)C(=O)Oc2ccc3c(c2F)C(=O)N(C2CCC(=O)NC2=O)C3)cc1Cl. The van der Waals surface area contributed by atoms with E-state index in [0.29, 0.717) is 16.3 Å². The van der Waals surface area contributed by atoms with Gasteiger partial charge in [-0.25, -0.2) is 9.18 Å². The van der Waals surface area contributed by atoms with Crippen molar-refractivity contribution in [2.24, 2.45) is 0 Å². The maximum absolute atomic E-state index is 15.1. The van der Waals surface area contributed by atoms with Crippen LogP contribution < -0.4 is 15.0 Å². The van der Waals surface area contributed by atoms with Crippen LogP contribution in [0, 0.1) is 12.7 Å². The van der Waals surface area contributed by atoms with Gasteiger partial charge in [-0.1, -0.05) is 23.7 Å². The van der Waals surface area contributed by atoms with Crippen molar-refractivity contribution in [1.29, 1.82) is 0 Å². The first-order chi connectivity index (χ1) is 15.2. The molecule has 0 saturated carbocycles. The molecule has 4 rings (SSSR count). The first-order valence-corrected chi connectivity index (χ1v) is 10.2. The van der Waals surface area contributed by atoms with Gasteiger partial charge >= 0.3 is 6.09 Å². The predicted octanol–water partition coefficient (Wildman–Crippen LogP) is 3.18. The van der Waals surface area contributed by atoms with Crippen molar-refractivity contribution in [2.75, 3.05) is 11.9 Å². The van der Waals surface area contributed by atoms with E-state index in [1.807, 2.05) is 6.92 Å². The van der Waals surface area contributed by atoms with E-state index >= 15 is 4.39 Å². The van der Waals surface area contributed by atoms with Gasteiger partial charge in [0.1, 0.15) is 6.04 Å². The Morgan fingerprint density at radius 1 is 1.25 bits per heavy atom. The number of imide groups is 1. The van der Waals surface area contributed by atoms with Gasteiger partial charge in [0.15, 0.2) is 11.6 Å². The molecule has 0 bridgehead atoms. The lowest BCUT2D eigenvalue weighted by Crippen LogP contribution is -2.52. The van der Waals surface area contributed by atoms with Crippen LogP contribution in [0.25, 0.3) is 0 Å². The second-order valence-corrected chi connectivity index (χ2v) is 8.08. The molecule has 1 N–H and O–H groups in total. The monoisotopic (exact) mass is 459 g/mol. The molecule has 4 amide bonds. The highest BCUT2D eigenvalue weighted by Crippen LogP contribution is 2.34. The standard InChI is InChI=1S/C22H19ClFN3O5/c1-11-3-5-13(9-14(11)23)26(2)22(31)32-16-7-4-12-10-27(21(30)18(12)19(16)24)15-6-8-17(28)25-20(15)29/h3-5,7,9,15H,6,8,10H2,1-2H3,(H,25,28,29). The third-order valence-corrected chi connectivity index (χ3v) is 6.02. The maximum Gasteiger partial charge on any atom is 0.419 e. The Bertz CT molecular complexity index is 1170. The highest BCUT2D eigenvalue weighted by Gasteiger charge is 2.41. The fourth-order valence-corrected chi connectivity index (χ4v) is 3.90. The minimum atomic E-state index is -0.981. The molecule has 2 aliphatic rings. The number of halogens is 2. The third kappa shape index (κ3) is 3.80. The summed E-state index contributed by atoms with van der Waals surface area (Å²) in [5, 5.41) is 2.65. The molecule has 166 valence electrons. The molecule has 0 spiro atoms. The molecule has 1 fully saturated rings. The predicted molar refractivity (Wildman–Crippen MR) is 113 cm³/mol. The number of nitrogens with zero attached hydrogens (tertiary/aromatic N) is 2. The van der Waals surface area contributed by atoms with E-state index in [-0.39, 0.29) is 24.9 Å². The van der Waals surface area contributed by atoms with Crippen molar-refractivity contribution < 1.29 is 28.3 Å². The van der Waals surface area contributed by atoms with Gasteiger partial charge in [-0.2, -0.15) is 0 Å². The zero-order valence-electron chi connectivity index (χ0n) is 17.3. The lowest BCUT2D eigenvalue weighted by molar-refractivity contribution is -0.136. The number of carbonyl (C=O) groups excluding carboxylic acids is 4. The second-order valence-electron chi connectivity index (χ2n) is 7.67. The summed E-state index contributed by atoms with van der Waals surface area (Å²) in [4.78, 5) is 51.3. The molecule has 2 aliphatic heterocycles. The fraction of sp³-hybridized carbons (Fsp3) is 0.273. The molecule has 2 heterocycles. The highest BCUT2D eigenvalue weighted by atomic mass is 35.5. The Labute approximate surface area is 187 Å². The molecule has 8 nitrogen and oxygen atoms in total. The van der Waals surface area contributed by atoms with Crippen LogP contribution in [0.3, 0.4) is 0 Å². The van der Waals surface area contributed by atoms with Gasteiger partial charge in [0.2, 0.25) is 11.8 Å². The van der Waals surface area contributed by atoms with Gasteiger partial charge in [-0.15, -0.1) is 0 Å². The molecule has 10 heteroatoms. The fourth-order valence-electron chi connectivity index (χ4n) is 3.73. The molecule has 0 radical (unpaired) electrons. The van der Waals surface area contributed by atoms with Crippen molar-refractivity contribution in [3.8, 4) is 5.75 Å². The zero-order valence-corrected chi connectivity index (χ0v) is 18.0. The first-order valence-electron chi connectivity index (χ1n) is 9.85. The maximum atomic E-state index is 15.1. The highest BCUT2D eigenvalue weighted by molar-refractivity contribution is 6.31. The van der Waals surface area contributed by atoms with E-state index in [4.69, 9.17) is 16.3 Å². The van der Waals surface area contributed by atoms with Crippen LogP contribution in [-0.2, 0) is 16.1 Å².